The van der Waals surface area contributed by atoms with Crippen LogP contribution in [-0.4, -0.2) is 32.4 Å². The first-order valence-corrected chi connectivity index (χ1v) is 9.47. The van der Waals surface area contributed by atoms with Gasteiger partial charge in [0.25, 0.3) is 5.91 Å². The highest BCUT2D eigenvalue weighted by atomic mass is 32.2. The first kappa shape index (κ1) is 19.4. The number of nitrogens with one attached hydrogen (secondary N) is 1. The molecule has 0 fully saturated rings. The second kappa shape index (κ2) is 7.97. The molecule has 0 bridgehead atoms. The molecule has 0 saturated heterocycles. The van der Waals surface area contributed by atoms with Crippen molar-refractivity contribution in [2.75, 3.05) is 0 Å². The lowest BCUT2D eigenvalue weighted by Crippen LogP contribution is -2.23. The first-order chi connectivity index (χ1) is 11.7. The van der Waals surface area contributed by atoms with E-state index in [1.807, 2.05) is 0 Å². The average Bonchev–Trinajstić information content (AvgIpc) is 3.02. The van der Waals surface area contributed by atoms with Crippen molar-refractivity contribution in [1.82, 2.24) is 15.5 Å². The van der Waals surface area contributed by atoms with Gasteiger partial charge in [0.2, 0.25) is 0 Å². The molecule has 1 unspecified atom stereocenters. The van der Waals surface area contributed by atoms with Crippen LogP contribution in [0.4, 0.5) is 0 Å². The van der Waals surface area contributed by atoms with E-state index < -0.39 is 11.2 Å². The van der Waals surface area contributed by atoms with Gasteiger partial charge in [0.15, 0.2) is 0 Å². The van der Waals surface area contributed by atoms with Crippen LogP contribution in [0.2, 0.25) is 0 Å². The fourth-order valence-electron chi connectivity index (χ4n) is 1.88. The fraction of sp³-hybridized carbons (Fsp3) is 0.412. The van der Waals surface area contributed by atoms with Crippen molar-refractivity contribution >= 4 is 35.0 Å². The maximum absolute atomic E-state index is 12.5. The monoisotopic (exact) mass is 379 g/mol. The largest absolute Gasteiger partial charge is 0.480 e. The van der Waals surface area contributed by atoms with Gasteiger partial charge in [0.1, 0.15) is 15.3 Å². The van der Waals surface area contributed by atoms with Gasteiger partial charge in [0, 0.05) is 10.3 Å². The predicted molar refractivity (Wildman–Crippen MR) is 99.2 cm³/mol. The zero-order chi connectivity index (χ0) is 18.6. The zero-order valence-electron chi connectivity index (χ0n) is 14.6. The van der Waals surface area contributed by atoms with Gasteiger partial charge < -0.3 is 10.4 Å². The van der Waals surface area contributed by atoms with Crippen LogP contribution in [0, 0.1) is 0 Å². The summed E-state index contributed by atoms with van der Waals surface area (Å²) in [6, 6.07) is 6.98. The third-order valence-corrected chi connectivity index (χ3v) is 5.81. The van der Waals surface area contributed by atoms with Crippen LogP contribution >= 0.6 is 23.1 Å². The molecule has 2 N–H and O–H groups in total. The number of benzene rings is 1. The molecule has 6 nitrogen and oxygen atoms in total. The quantitative estimate of drug-likeness (QED) is 0.748. The topological polar surface area (TPSA) is 92.2 Å². The number of carbonyl (C=O) groups excluding carboxylic acids is 1. The summed E-state index contributed by atoms with van der Waals surface area (Å²) >= 11 is 2.63. The van der Waals surface area contributed by atoms with Crippen molar-refractivity contribution in [3.63, 3.8) is 0 Å². The lowest BCUT2D eigenvalue weighted by Gasteiger charge is -2.12. The first-order valence-electron chi connectivity index (χ1n) is 7.78. The van der Waals surface area contributed by atoms with E-state index in [0.717, 1.165) is 21.8 Å². The average molecular weight is 380 g/mol. The summed E-state index contributed by atoms with van der Waals surface area (Å²) in [5, 5.41) is 21.2. The van der Waals surface area contributed by atoms with Gasteiger partial charge >= 0.3 is 5.97 Å². The van der Waals surface area contributed by atoms with Crippen LogP contribution in [0.25, 0.3) is 0 Å². The van der Waals surface area contributed by atoms with E-state index in [-0.39, 0.29) is 11.3 Å². The summed E-state index contributed by atoms with van der Waals surface area (Å²) in [7, 11) is 0. The molecule has 25 heavy (non-hydrogen) atoms. The molecule has 2 aromatic rings. The Kier molecular flexibility index (Phi) is 6.18. The summed E-state index contributed by atoms with van der Waals surface area (Å²) in [4.78, 5) is 24.2. The minimum Gasteiger partial charge on any atom is -0.480 e. The summed E-state index contributed by atoms with van der Waals surface area (Å²) < 4.78 is 0. The minimum absolute atomic E-state index is 0.0733. The Morgan fingerprint density at radius 3 is 2.56 bits per heavy atom. The van der Waals surface area contributed by atoms with Gasteiger partial charge in [-0.15, -0.1) is 22.0 Å². The molecule has 2 rings (SSSR count). The van der Waals surface area contributed by atoms with E-state index in [9.17, 15) is 9.59 Å². The maximum Gasteiger partial charge on any atom is 0.316 e. The van der Waals surface area contributed by atoms with Crippen molar-refractivity contribution in [2.24, 2.45) is 0 Å². The van der Waals surface area contributed by atoms with Crippen LogP contribution in [0.5, 0.6) is 0 Å². The van der Waals surface area contributed by atoms with Crippen LogP contribution < -0.4 is 5.32 Å². The van der Waals surface area contributed by atoms with E-state index in [2.05, 4.69) is 36.3 Å². The molecule has 134 valence electrons. The molecule has 0 aliphatic heterocycles. The Bertz CT molecular complexity index is 768. The number of rotatable bonds is 6. The zero-order valence-corrected chi connectivity index (χ0v) is 16.2. The highest BCUT2D eigenvalue weighted by molar-refractivity contribution is 8.00. The number of hydrogen-bond acceptors (Lipinski definition) is 6. The smallest absolute Gasteiger partial charge is 0.316 e. The highest BCUT2D eigenvalue weighted by Gasteiger charge is 2.20. The molecule has 1 aromatic heterocycles. The highest BCUT2D eigenvalue weighted by Crippen LogP contribution is 2.27. The molecule has 0 spiro atoms. The molecule has 0 saturated carbocycles. The Morgan fingerprint density at radius 1 is 1.28 bits per heavy atom. The van der Waals surface area contributed by atoms with Crippen molar-refractivity contribution in [2.45, 2.75) is 49.8 Å². The number of aromatic nitrogens is 2. The van der Waals surface area contributed by atoms with E-state index in [0.29, 0.717) is 17.0 Å². The standard InChI is InChI=1S/C17H21N3O3S2/c1-10(15(22)23)24-12-8-6-5-7-11(12)14(21)18-9-13-19-20-16(25-13)17(2,3)4/h5-8,10H,9H2,1-4H3,(H,18,21)(H,22,23). The molecule has 0 aliphatic rings. The Morgan fingerprint density at radius 2 is 1.96 bits per heavy atom. The molecule has 1 aromatic carbocycles. The Labute approximate surface area is 155 Å². The van der Waals surface area contributed by atoms with E-state index in [1.54, 1.807) is 31.2 Å². The molecular weight excluding hydrogens is 358 g/mol. The third-order valence-electron chi connectivity index (χ3n) is 3.29. The maximum atomic E-state index is 12.5. The van der Waals surface area contributed by atoms with Gasteiger partial charge in [-0.2, -0.15) is 0 Å². The van der Waals surface area contributed by atoms with Crippen molar-refractivity contribution in [1.29, 1.82) is 0 Å². The van der Waals surface area contributed by atoms with Crippen LogP contribution in [0.3, 0.4) is 0 Å². The summed E-state index contributed by atoms with van der Waals surface area (Å²) in [5.74, 6) is -1.17. The lowest BCUT2D eigenvalue weighted by atomic mass is 9.98. The number of aliphatic carboxylic acids is 1. The lowest BCUT2D eigenvalue weighted by molar-refractivity contribution is -0.136. The van der Waals surface area contributed by atoms with Crippen LogP contribution in [-0.2, 0) is 16.8 Å². The molecule has 8 heteroatoms. The third kappa shape index (κ3) is 5.27. The number of carboxylic acids is 1. The second-order valence-corrected chi connectivity index (χ2v) is 8.97. The van der Waals surface area contributed by atoms with Crippen LogP contribution in [0.15, 0.2) is 29.2 Å². The van der Waals surface area contributed by atoms with Crippen LogP contribution in [0.1, 0.15) is 48.1 Å². The van der Waals surface area contributed by atoms with Crippen molar-refractivity contribution < 1.29 is 14.7 Å². The van der Waals surface area contributed by atoms with Gasteiger partial charge in [0.05, 0.1) is 12.1 Å². The van der Waals surface area contributed by atoms with Gasteiger partial charge in [-0.3, -0.25) is 9.59 Å². The molecule has 0 aliphatic carbocycles. The molecule has 1 amide bonds. The number of hydrogen-bond donors (Lipinski definition) is 2. The molecule has 1 atom stereocenters. The number of nitrogens with zero attached hydrogens (tertiary/aromatic N) is 2. The normalized spacial score (nSPS) is 12.6. The SMILES string of the molecule is CC(Sc1ccccc1C(=O)NCc1nnc(C(C)(C)C)s1)C(=O)O. The van der Waals surface area contributed by atoms with Gasteiger partial charge in [-0.05, 0) is 19.1 Å². The molecular formula is C17H21N3O3S2. The number of carboxylic acid groups (broad SMARTS) is 1. The van der Waals surface area contributed by atoms with Gasteiger partial charge in [-0.1, -0.05) is 44.2 Å². The summed E-state index contributed by atoms with van der Waals surface area (Å²) in [5.41, 5.74) is 0.386. The van der Waals surface area contributed by atoms with Crippen molar-refractivity contribution in [3.05, 3.63) is 39.8 Å². The minimum atomic E-state index is -0.913. The predicted octanol–water partition coefficient (Wildman–Crippen LogP) is 3.33. The second-order valence-electron chi connectivity index (χ2n) is 6.53. The Balaban J connectivity index is 2.06. The van der Waals surface area contributed by atoms with E-state index >= 15 is 0 Å². The van der Waals surface area contributed by atoms with E-state index in [4.69, 9.17) is 5.11 Å². The van der Waals surface area contributed by atoms with Crippen molar-refractivity contribution in [3.8, 4) is 0 Å². The molecule has 1 heterocycles. The summed E-state index contributed by atoms with van der Waals surface area (Å²) in [6.07, 6.45) is 0. The Hall–Kier alpha value is -1.93. The fourth-order valence-corrected chi connectivity index (χ4v) is 3.64. The molecule has 0 radical (unpaired) electrons. The number of carbonyl (C=O) groups is 2. The van der Waals surface area contributed by atoms with E-state index in [1.165, 1.54) is 11.3 Å². The number of thioether (sulfide) groups is 1. The number of amides is 1. The summed E-state index contributed by atoms with van der Waals surface area (Å²) in [6.45, 7) is 8.07. The van der Waals surface area contributed by atoms with Gasteiger partial charge in [-0.25, -0.2) is 0 Å².